The largest absolute Gasteiger partial charge is 0.481 e. The van der Waals surface area contributed by atoms with Crippen LogP contribution in [0.1, 0.15) is 37.7 Å². The second kappa shape index (κ2) is 18.8. The molecular formula is C40H37F4N3O9. The predicted molar refractivity (Wildman–Crippen MR) is 191 cm³/mol. The Morgan fingerprint density at radius 1 is 0.750 bits per heavy atom. The highest BCUT2D eigenvalue weighted by Crippen LogP contribution is 2.42. The lowest BCUT2D eigenvalue weighted by Gasteiger charge is -2.40. The number of hydrogen-bond acceptors (Lipinski definition) is 8. The number of aliphatic carboxylic acids is 1. The fraction of sp³-hybridized carbons (Fsp3) is 0.275. The van der Waals surface area contributed by atoms with E-state index in [1.54, 1.807) is 48.5 Å². The van der Waals surface area contributed by atoms with Gasteiger partial charge < -0.3 is 35.3 Å². The number of hydrogen-bond donors (Lipinski definition) is 4. The quantitative estimate of drug-likeness (QED) is 0.0395. The number of para-hydroxylation sites is 1. The highest BCUT2D eigenvalue weighted by molar-refractivity contribution is 6.09. The molecule has 1 saturated carbocycles. The smallest absolute Gasteiger partial charge is 0.305 e. The Hall–Kier alpha value is -6.29. The van der Waals surface area contributed by atoms with E-state index in [2.05, 4.69) is 20.7 Å². The van der Waals surface area contributed by atoms with Crippen LogP contribution in [0.2, 0.25) is 0 Å². The van der Waals surface area contributed by atoms with Crippen molar-refractivity contribution >= 4 is 35.2 Å². The number of rotatable bonds is 19. The van der Waals surface area contributed by atoms with E-state index in [4.69, 9.17) is 9.47 Å². The summed E-state index contributed by atoms with van der Waals surface area (Å²) in [5, 5.41) is 17.0. The monoisotopic (exact) mass is 779 g/mol. The van der Waals surface area contributed by atoms with Gasteiger partial charge in [0.15, 0.2) is 23.2 Å². The van der Waals surface area contributed by atoms with Crippen molar-refractivity contribution in [3.05, 3.63) is 120 Å². The van der Waals surface area contributed by atoms with Gasteiger partial charge in [-0.05, 0) is 49.1 Å². The Kier molecular flexibility index (Phi) is 13.8. The first kappa shape index (κ1) is 40.9. The highest BCUT2D eigenvalue weighted by atomic mass is 19.2. The lowest BCUT2D eigenvalue weighted by atomic mass is 9.67. The van der Waals surface area contributed by atoms with E-state index >= 15 is 0 Å². The van der Waals surface area contributed by atoms with Crippen molar-refractivity contribution in [2.75, 3.05) is 18.5 Å². The van der Waals surface area contributed by atoms with Crippen LogP contribution >= 0.6 is 0 Å². The van der Waals surface area contributed by atoms with Gasteiger partial charge in [0.25, 0.3) is 0 Å². The number of carboxylic acid groups (broad SMARTS) is 1. The maximum Gasteiger partial charge on any atom is 0.305 e. The molecule has 0 radical (unpaired) electrons. The number of amides is 3. The summed E-state index contributed by atoms with van der Waals surface area (Å²) in [7, 11) is 0. The van der Waals surface area contributed by atoms with Crippen molar-refractivity contribution in [1.29, 1.82) is 0 Å². The molecule has 0 aliphatic heterocycles. The molecule has 3 amide bonds. The minimum Gasteiger partial charge on any atom is -0.481 e. The number of ether oxygens (including phenoxy) is 3. The molecule has 1 aliphatic rings. The molecule has 4 aromatic rings. The summed E-state index contributed by atoms with van der Waals surface area (Å²) in [5.74, 6) is -13.5. The molecule has 0 bridgehead atoms. The summed E-state index contributed by atoms with van der Waals surface area (Å²) < 4.78 is 71.8. The summed E-state index contributed by atoms with van der Waals surface area (Å²) in [6, 6.07) is 21.5. The van der Waals surface area contributed by atoms with Gasteiger partial charge in [0, 0.05) is 24.4 Å². The van der Waals surface area contributed by atoms with Crippen molar-refractivity contribution in [3.8, 4) is 17.2 Å². The van der Waals surface area contributed by atoms with Crippen molar-refractivity contribution in [2.45, 2.75) is 50.8 Å². The van der Waals surface area contributed by atoms with Crippen LogP contribution in [0, 0.1) is 28.7 Å². The molecule has 56 heavy (non-hydrogen) atoms. The lowest BCUT2D eigenvalue weighted by molar-refractivity contribution is -0.152. The van der Waals surface area contributed by atoms with E-state index in [0.717, 1.165) is 5.56 Å². The first-order chi connectivity index (χ1) is 26.9. The van der Waals surface area contributed by atoms with E-state index in [1.165, 1.54) is 0 Å². The van der Waals surface area contributed by atoms with Gasteiger partial charge in [0.05, 0.1) is 13.0 Å². The first-order valence-electron chi connectivity index (χ1n) is 17.4. The van der Waals surface area contributed by atoms with Crippen molar-refractivity contribution < 1.29 is 60.9 Å². The van der Waals surface area contributed by atoms with Crippen molar-refractivity contribution in [1.82, 2.24) is 10.6 Å². The van der Waals surface area contributed by atoms with Crippen LogP contribution in [0.4, 0.5) is 23.2 Å². The number of ketones is 1. The molecule has 4 aromatic carbocycles. The normalized spacial score (nSPS) is 14.0. The average molecular weight is 780 g/mol. The average Bonchev–Trinajstić information content (AvgIpc) is 3.15. The number of halogens is 4. The molecule has 16 heteroatoms. The van der Waals surface area contributed by atoms with E-state index in [0.29, 0.717) is 23.6 Å². The van der Waals surface area contributed by atoms with E-state index in [-0.39, 0.29) is 38.5 Å². The number of Topliss-reactive ketones (excluding diaryl/α,β-unsaturated/α-hetero) is 1. The Balaban J connectivity index is 1.29. The fourth-order valence-corrected chi connectivity index (χ4v) is 5.75. The molecule has 0 spiro atoms. The van der Waals surface area contributed by atoms with Crippen molar-refractivity contribution in [2.24, 2.45) is 5.41 Å². The Labute approximate surface area is 318 Å². The summed E-state index contributed by atoms with van der Waals surface area (Å²) in [4.78, 5) is 65.9. The number of anilines is 1. The number of carboxylic acids is 1. The van der Waals surface area contributed by atoms with Crippen LogP contribution in [-0.4, -0.2) is 59.9 Å². The highest BCUT2D eigenvalue weighted by Gasteiger charge is 2.52. The van der Waals surface area contributed by atoms with Gasteiger partial charge >= 0.3 is 5.97 Å². The molecule has 1 aliphatic carbocycles. The minimum absolute atomic E-state index is 0.00913. The van der Waals surface area contributed by atoms with Gasteiger partial charge in [-0.15, -0.1) is 0 Å². The van der Waals surface area contributed by atoms with Gasteiger partial charge in [-0.3, -0.25) is 24.0 Å². The molecule has 0 heterocycles. The van der Waals surface area contributed by atoms with Crippen LogP contribution in [-0.2, 0) is 35.3 Å². The molecule has 0 aromatic heterocycles. The first-order valence-corrected chi connectivity index (χ1v) is 17.4. The number of carbonyl (C=O) groups excluding carboxylic acids is 4. The van der Waals surface area contributed by atoms with Gasteiger partial charge in [-0.1, -0.05) is 61.0 Å². The topological polar surface area (TPSA) is 169 Å². The summed E-state index contributed by atoms with van der Waals surface area (Å²) in [5.41, 5.74) is -0.636. The molecule has 4 N–H and O–H groups in total. The summed E-state index contributed by atoms with van der Waals surface area (Å²) in [6.07, 6.45) is -0.757. The molecule has 1 fully saturated rings. The predicted octanol–water partition coefficient (Wildman–Crippen LogP) is 5.84. The second-order valence-corrected chi connectivity index (χ2v) is 12.9. The number of nitrogens with one attached hydrogen (secondary N) is 3. The van der Waals surface area contributed by atoms with Gasteiger partial charge in [0.1, 0.15) is 35.6 Å². The summed E-state index contributed by atoms with van der Waals surface area (Å²) >= 11 is 0. The summed E-state index contributed by atoms with van der Waals surface area (Å²) in [6.45, 7) is -1.07. The second-order valence-electron chi connectivity index (χ2n) is 12.9. The van der Waals surface area contributed by atoms with Crippen LogP contribution in [0.5, 0.6) is 17.2 Å². The van der Waals surface area contributed by atoms with Gasteiger partial charge in [0.2, 0.25) is 29.4 Å². The zero-order chi connectivity index (χ0) is 40.2. The van der Waals surface area contributed by atoms with E-state index in [9.17, 15) is 46.6 Å². The fourth-order valence-electron chi connectivity index (χ4n) is 5.75. The van der Waals surface area contributed by atoms with Crippen LogP contribution in [0.3, 0.4) is 0 Å². The van der Waals surface area contributed by atoms with Crippen LogP contribution in [0.25, 0.3) is 0 Å². The molecule has 5 rings (SSSR count). The van der Waals surface area contributed by atoms with Gasteiger partial charge in [-0.25, -0.2) is 8.78 Å². The Bertz CT molecular complexity index is 2020. The Morgan fingerprint density at radius 2 is 1.36 bits per heavy atom. The van der Waals surface area contributed by atoms with Crippen molar-refractivity contribution in [3.63, 3.8) is 0 Å². The standard InChI is InChI=1S/C40H37F4N3O9/c41-28-20-29(42)35(44)36(34(28)43)55-23-32(48)31(21-33(49)50)47-39(53)40(16-8-17-40)38(52)46-30(15-18-54-22-24-9-3-1-4-10-24)37(51)45-25-11-7-14-27(19-25)56-26-12-5-2-6-13-26/h1-7,9-14,19-20,30-31H,8,15-18,21-23H2,(H,45,51)(H,46,52)(H,47,53)(H,49,50). The molecule has 0 saturated heterocycles. The maximum absolute atomic E-state index is 14.1. The van der Waals surface area contributed by atoms with Crippen LogP contribution in [0.15, 0.2) is 91.0 Å². The molecule has 12 nitrogen and oxygen atoms in total. The lowest BCUT2D eigenvalue weighted by Crippen LogP contribution is -2.60. The van der Waals surface area contributed by atoms with Gasteiger partial charge in [-0.2, -0.15) is 8.78 Å². The minimum atomic E-state index is -1.93. The zero-order valence-corrected chi connectivity index (χ0v) is 29.7. The van der Waals surface area contributed by atoms with E-state index < -0.39 is 89.0 Å². The number of benzene rings is 4. The molecule has 2 atom stereocenters. The van der Waals surface area contributed by atoms with Crippen LogP contribution < -0.4 is 25.4 Å². The SMILES string of the molecule is O=C(O)CC(NC(=O)C1(C(=O)NC(CCOCc2ccccc2)C(=O)Nc2cccc(Oc3ccccc3)c2)CCC1)C(=O)COc1c(F)c(F)cc(F)c1F. The Morgan fingerprint density at radius 3 is 1.96 bits per heavy atom. The van der Waals surface area contributed by atoms with E-state index in [1.807, 2.05) is 36.4 Å². The molecule has 294 valence electrons. The third kappa shape index (κ3) is 10.5. The number of carbonyl (C=O) groups is 5. The molecular weight excluding hydrogens is 742 g/mol. The zero-order valence-electron chi connectivity index (χ0n) is 29.7. The molecule has 2 unspecified atom stereocenters. The third-order valence-electron chi connectivity index (χ3n) is 8.94. The maximum atomic E-state index is 14.1. The third-order valence-corrected chi connectivity index (χ3v) is 8.94.